The molecule has 0 unspecified atom stereocenters. The number of nitrogen functional groups attached to an aromatic ring is 1. The summed E-state index contributed by atoms with van der Waals surface area (Å²) in [4.78, 5) is 32.2. The van der Waals surface area contributed by atoms with E-state index in [0.717, 1.165) is 30.5 Å². The van der Waals surface area contributed by atoms with E-state index in [0.29, 0.717) is 17.6 Å². The Labute approximate surface area is 180 Å². The molecule has 0 aliphatic carbocycles. The molecule has 6 nitrogen and oxygen atoms in total. The number of nitrogens with one attached hydrogen (secondary N) is 1. The molecule has 160 valence electrons. The third-order valence-corrected chi connectivity index (χ3v) is 6.16. The molecule has 3 N–H and O–H groups in total. The predicted molar refractivity (Wildman–Crippen MR) is 122 cm³/mol. The van der Waals surface area contributed by atoms with Gasteiger partial charge in [0.25, 0.3) is 5.56 Å². The Morgan fingerprint density at radius 2 is 1.73 bits per heavy atom. The molecule has 0 bridgehead atoms. The minimum absolute atomic E-state index is 0.157. The third kappa shape index (κ3) is 6.16. The molecule has 3 aromatic rings. The largest absolute Gasteiger partial charge is 0.462 e. The topological polar surface area (TPSA) is 98.1 Å². The van der Waals surface area contributed by atoms with Gasteiger partial charge in [-0.25, -0.2) is 9.78 Å². The van der Waals surface area contributed by atoms with Crippen molar-refractivity contribution in [2.75, 3.05) is 12.3 Å². The van der Waals surface area contributed by atoms with E-state index in [-0.39, 0.29) is 17.5 Å². The smallest absolute Gasteiger partial charge is 0.338 e. The highest BCUT2D eigenvalue weighted by atomic mass is 32.1. The lowest BCUT2D eigenvalue weighted by Crippen LogP contribution is -2.09. The highest BCUT2D eigenvalue weighted by Crippen LogP contribution is 2.23. The van der Waals surface area contributed by atoms with Crippen LogP contribution in [0.1, 0.15) is 66.2 Å². The van der Waals surface area contributed by atoms with Gasteiger partial charge in [-0.05, 0) is 56.4 Å². The zero-order chi connectivity index (χ0) is 21.3. The molecule has 2 aromatic heterocycles. The summed E-state index contributed by atoms with van der Waals surface area (Å²) >= 11 is 1.56. The fourth-order valence-corrected chi connectivity index (χ4v) is 4.56. The maximum atomic E-state index is 11.9. The Morgan fingerprint density at radius 1 is 1.07 bits per heavy atom. The van der Waals surface area contributed by atoms with Crippen molar-refractivity contribution in [3.8, 4) is 0 Å². The molecule has 0 fully saturated rings. The number of anilines is 1. The standard InChI is InChI=1S/C23H29N3O3S/c1-2-29-22(28)17-13-11-16(12-14-17)9-7-5-3-4-6-8-10-18-15-19-20(27)25-23(24)26-21(19)30-18/h11-15H,2-10H2,1H3,(H3,24,25,26,27). The molecular weight excluding hydrogens is 398 g/mol. The normalized spacial score (nSPS) is 11.1. The van der Waals surface area contributed by atoms with Crippen molar-refractivity contribution in [1.82, 2.24) is 9.97 Å². The molecule has 0 saturated heterocycles. The second kappa shape index (κ2) is 10.9. The number of ether oxygens (including phenoxy) is 1. The molecule has 0 saturated carbocycles. The van der Waals surface area contributed by atoms with Crippen molar-refractivity contribution < 1.29 is 9.53 Å². The van der Waals surface area contributed by atoms with Gasteiger partial charge in [-0.1, -0.05) is 37.8 Å². The van der Waals surface area contributed by atoms with Crippen LogP contribution in [0.4, 0.5) is 5.95 Å². The first-order chi connectivity index (χ1) is 14.6. The summed E-state index contributed by atoms with van der Waals surface area (Å²) in [6.45, 7) is 2.21. The molecule has 0 aliphatic heterocycles. The van der Waals surface area contributed by atoms with E-state index in [1.54, 1.807) is 11.3 Å². The van der Waals surface area contributed by atoms with Crippen molar-refractivity contribution in [3.63, 3.8) is 0 Å². The van der Waals surface area contributed by atoms with E-state index in [1.807, 2.05) is 37.3 Å². The first kappa shape index (κ1) is 22.0. The second-order valence-electron chi connectivity index (χ2n) is 7.42. The summed E-state index contributed by atoms with van der Waals surface area (Å²) in [5.41, 5.74) is 7.32. The van der Waals surface area contributed by atoms with Crippen LogP contribution >= 0.6 is 11.3 Å². The van der Waals surface area contributed by atoms with Crippen LogP contribution in [-0.4, -0.2) is 22.5 Å². The van der Waals surface area contributed by atoms with Crippen LogP contribution in [0.25, 0.3) is 10.2 Å². The lowest BCUT2D eigenvalue weighted by Gasteiger charge is -2.05. The number of carbonyl (C=O) groups is 1. The second-order valence-corrected chi connectivity index (χ2v) is 8.54. The number of fused-ring (bicyclic) bond motifs is 1. The third-order valence-electron chi connectivity index (χ3n) is 5.08. The summed E-state index contributed by atoms with van der Waals surface area (Å²) in [5, 5.41) is 0.638. The summed E-state index contributed by atoms with van der Waals surface area (Å²) in [6, 6.07) is 9.67. The quantitative estimate of drug-likeness (QED) is 0.336. The first-order valence-electron chi connectivity index (χ1n) is 10.6. The summed E-state index contributed by atoms with van der Waals surface area (Å²) in [5.74, 6) is -0.0808. The summed E-state index contributed by atoms with van der Waals surface area (Å²) < 4.78 is 5.00. The van der Waals surface area contributed by atoms with Crippen molar-refractivity contribution in [2.45, 2.75) is 58.3 Å². The van der Waals surface area contributed by atoms with Gasteiger partial charge >= 0.3 is 5.97 Å². The molecule has 0 aliphatic rings. The van der Waals surface area contributed by atoms with Crippen LogP contribution in [-0.2, 0) is 17.6 Å². The maximum absolute atomic E-state index is 11.9. The zero-order valence-electron chi connectivity index (χ0n) is 17.4. The van der Waals surface area contributed by atoms with Crippen molar-refractivity contribution in [3.05, 3.63) is 56.7 Å². The molecule has 0 spiro atoms. The number of aryl methyl sites for hydroxylation is 2. The number of nitrogens with zero attached hydrogens (tertiary/aromatic N) is 1. The highest BCUT2D eigenvalue weighted by Gasteiger charge is 2.08. The maximum Gasteiger partial charge on any atom is 0.338 e. The number of H-pyrrole nitrogens is 1. The number of carbonyl (C=O) groups excluding carboxylic acids is 1. The lowest BCUT2D eigenvalue weighted by atomic mass is 10.0. The van der Waals surface area contributed by atoms with E-state index in [9.17, 15) is 9.59 Å². The lowest BCUT2D eigenvalue weighted by molar-refractivity contribution is 0.0526. The number of rotatable bonds is 11. The van der Waals surface area contributed by atoms with E-state index in [2.05, 4.69) is 9.97 Å². The number of esters is 1. The summed E-state index contributed by atoms with van der Waals surface area (Å²) in [6.07, 6.45) is 9.14. The molecule has 3 rings (SSSR count). The van der Waals surface area contributed by atoms with Gasteiger partial charge in [0.1, 0.15) is 4.83 Å². The minimum atomic E-state index is -0.258. The Balaban J connectivity index is 1.29. The van der Waals surface area contributed by atoms with Crippen LogP contribution in [0.5, 0.6) is 0 Å². The van der Waals surface area contributed by atoms with Crippen molar-refractivity contribution in [1.29, 1.82) is 0 Å². The molecule has 2 heterocycles. The Bertz CT molecular complexity index is 1020. The van der Waals surface area contributed by atoms with Gasteiger partial charge in [0.2, 0.25) is 5.95 Å². The number of aromatic nitrogens is 2. The van der Waals surface area contributed by atoms with E-state index >= 15 is 0 Å². The van der Waals surface area contributed by atoms with Gasteiger partial charge in [0.05, 0.1) is 17.6 Å². The van der Waals surface area contributed by atoms with E-state index in [1.165, 1.54) is 36.1 Å². The van der Waals surface area contributed by atoms with Gasteiger partial charge in [-0.2, -0.15) is 0 Å². The fraction of sp³-hybridized carbons (Fsp3) is 0.435. The Kier molecular flexibility index (Phi) is 8.02. The average molecular weight is 428 g/mol. The molecule has 7 heteroatoms. The Hall–Kier alpha value is -2.67. The van der Waals surface area contributed by atoms with Crippen LogP contribution < -0.4 is 11.3 Å². The van der Waals surface area contributed by atoms with Gasteiger partial charge < -0.3 is 10.5 Å². The number of aromatic amines is 1. The number of benzene rings is 1. The number of thiophene rings is 1. The predicted octanol–water partition coefficient (Wildman–Crippen LogP) is 4.87. The highest BCUT2D eigenvalue weighted by molar-refractivity contribution is 7.18. The minimum Gasteiger partial charge on any atom is -0.462 e. The molecule has 0 amide bonds. The van der Waals surface area contributed by atoms with Crippen LogP contribution in [0.3, 0.4) is 0 Å². The van der Waals surface area contributed by atoms with Crippen LogP contribution in [0.2, 0.25) is 0 Å². The average Bonchev–Trinajstić information content (AvgIpc) is 3.13. The van der Waals surface area contributed by atoms with E-state index < -0.39 is 0 Å². The molecule has 1 aromatic carbocycles. The van der Waals surface area contributed by atoms with Gasteiger partial charge in [-0.3, -0.25) is 9.78 Å². The molecule has 0 radical (unpaired) electrons. The fourth-order valence-electron chi connectivity index (χ4n) is 3.48. The summed E-state index contributed by atoms with van der Waals surface area (Å²) in [7, 11) is 0. The number of hydrogen-bond acceptors (Lipinski definition) is 6. The number of unbranched alkanes of at least 4 members (excludes halogenated alkanes) is 5. The van der Waals surface area contributed by atoms with E-state index in [4.69, 9.17) is 10.5 Å². The molecule has 30 heavy (non-hydrogen) atoms. The Morgan fingerprint density at radius 3 is 2.43 bits per heavy atom. The zero-order valence-corrected chi connectivity index (χ0v) is 18.2. The van der Waals surface area contributed by atoms with Crippen molar-refractivity contribution >= 4 is 33.5 Å². The molecular formula is C23H29N3O3S. The van der Waals surface area contributed by atoms with Gasteiger partial charge in [0.15, 0.2) is 0 Å². The first-order valence-corrected chi connectivity index (χ1v) is 11.4. The monoisotopic (exact) mass is 427 g/mol. The van der Waals surface area contributed by atoms with Gasteiger partial charge in [-0.15, -0.1) is 11.3 Å². The number of hydrogen-bond donors (Lipinski definition) is 2. The van der Waals surface area contributed by atoms with Crippen molar-refractivity contribution in [2.24, 2.45) is 0 Å². The van der Waals surface area contributed by atoms with Crippen LogP contribution in [0.15, 0.2) is 35.1 Å². The molecule has 0 atom stereocenters. The SMILES string of the molecule is CCOC(=O)c1ccc(CCCCCCCCc2cc3c(=O)[nH]c(N)nc3s2)cc1. The van der Waals surface area contributed by atoms with Gasteiger partial charge in [0, 0.05) is 4.88 Å². The van der Waals surface area contributed by atoms with Crippen LogP contribution in [0, 0.1) is 0 Å². The number of nitrogens with two attached hydrogens (primary N) is 1.